The summed E-state index contributed by atoms with van der Waals surface area (Å²) in [6, 6.07) is 6.67. The van der Waals surface area contributed by atoms with Crippen LogP contribution in [-0.2, 0) is 11.3 Å². The zero-order chi connectivity index (χ0) is 16.1. The summed E-state index contributed by atoms with van der Waals surface area (Å²) in [4.78, 5) is 17.0. The Hall–Kier alpha value is -1.35. The van der Waals surface area contributed by atoms with E-state index < -0.39 is 0 Å². The number of aryl methyl sites for hydroxylation is 2. The predicted octanol–water partition coefficient (Wildman–Crippen LogP) is 3.38. The number of nitrogens with zero attached hydrogens (tertiary/aromatic N) is 2. The lowest BCUT2D eigenvalue weighted by Gasteiger charge is -2.34. The molecule has 1 amide bonds. The molecule has 0 aliphatic carbocycles. The van der Waals surface area contributed by atoms with Gasteiger partial charge in [-0.05, 0) is 58.2 Å². The van der Waals surface area contributed by atoms with E-state index in [0.29, 0.717) is 5.91 Å². The van der Waals surface area contributed by atoms with Crippen LogP contribution in [0.25, 0.3) is 0 Å². The van der Waals surface area contributed by atoms with E-state index in [2.05, 4.69) is 50.8 Å². The van der Waals surface area contributed by atoms with E-state index in [4.69, 9.17) is 0 Å². The molecule has 3 heteroatoms. The molecule has 1 aromatic carbocycles. The molecule has 2 rings (SSSR count). The molecule has 0 N–H and O–H groups in total. The Bertz CT molecular complexity index is 508. The maximum Gasteiger partial charge on any atom is 0.226 e. The van der Waals surface area contributed by atoms with Crippen molar-refractivity contribution in [2.45, 2.75) is 47.1 Å². The van der Waals surface area contributed by atoms with Crippen LogP contribution in [0.4, 0.5) is 0 Å². The number of benzene rings is 1. The Morgan fingerprint density at radius 2 is 2.00 bits per heavy atom. The monoisotopic (exact) mass is 302 g/mol. The molecular weight excluding hydrogens is 272 g/mol. The lowest BCUT2D eigenvalue weighted by atomic mass is 9.95. The van der Waals surface area contributed by atoms with Crippen molar-refractivity contribution in [1.29, 1.82) is 0 Å². The van der Waals surface area contributed by atoms with Crippen LogP contribution in [0.2, 0.25) is 0 Å². The molecular formula is C19H30N2O. The fourth-order valence-corrected chi connectivity index (χ4v) is 3.46. The average Bonchev–Trinajstić information content (AvgIpc) is 2.51. The third-order valence-corrected chi connectivity index (χ3v) is 4.82. The molecule has 0 unspecified atom stereocenters. The van der Waals surface area contributed by atoms with Gasteiger partial charge in [0.1, 0.15) is 0 Å². The van der Waals surface area contributed by atoms with Crippen molar-refractivity contribution in [3.05, 3.63) is 34.9 Å². The van der Waals surface area contributed by atoms with Gasteiger partial charge in [-0.1, -0.05) is 23.8 Å². The zero-order valence-corrected chi connectivity index (χ0v) is 14.6. The quantitative estimate of drug-likeness (QED) is 0.832. The second kappa shape index (κ2) is 7.77. The number of hydrogen-bond acceptors (Lipinski definition) is 2. The van der Waals surface area contributed by atoms with Gasteiger partial charge in [0, 0.05) is 26.2 Å². The Labute approximate surface area is 135 Å². The molecule has 1 aromatic rings. The highest BCUT2D eigenvalue weighted by molar-refractivity contribution is 5.79. The van der Waals surface area contributed by atoms with E-state index in [-0.39, 0.29) is 5.92 Å². The van der Waals surface area contributed by atoms with E-state index >= 15 is 0 Å². The third-order valence-electron chi connectivity index (χ3n) is 4.82. The molecule has 1 saturated heterocycles. The summed E-state index contributed by atoms with van der Waals surface area (Å²) in [7, 11) is 0. The van der Waals surface area contributed by atoms with Gasteiger partial charge in [0.05, 0.1) is 5.92 Å². The number of hydrogen-bond donors (Lipinski definition) is 0. The van der Waals surface area contributed by atoms with Gasteiger partial charge in [-0.2, -0.15) is 0 Å². The van der Waals surface area contributed by atoms with E-state index in [0.717, 1.165) is 45.6 Å². The van der Waals surface area contributed by atoms with E-state index in [1.165, 1.54) is 16.7 Å². The van der Waals surface area contributed by atoms with Crippen LogP contribution in [0, 0.1) is 19.8 Å². The van der Waals surface area contributed by atoms with Gasteiger partial charge in [0.25, 0.3) is 0 Å². The van der Waals surface area contributed by atoms with Gasteiger partial charge in [0.2, 0.25) is 5.91 Å². The van der Waals surface area contributed by atoms with Crippen LogP contribution in [0.1, 0.15) is 43.4 Å². The summed E-state index contributed by atoms with van der Waals surface area (Å²) in [5, 5.41) is 0. The number of amides is 1. The Kier molecular flexibility index (Phi) is 6.01. The average molecular weight is 302 g/mol. The Morgan fingerprint density at radius 3 is 2.64 bits per heavy atom. The number of piperidine rings is 1. The smallest absolute Gasteiger partial charge is 0.226 e. The first-order valence-corrected chi connectivity index (χ1v) is 8.62. The van der Waals surface area contributed by atoms with Crippen molar-refractivity contribution in [1.82, 2.24) is 9.80 Å². The van der Waals surface area contributed by atoms with Crippen LogP contribution >= 0.6 is 0 Å². The molecule has 1 atom stereocenters. The van der Waals surface area contributed by atoms with Crippen molar-refractivity contribution in [2.75, 3.05) is 26.2 Å². The fourth-order valence-electron chi connectivity index (χ4n) is 3.46. The van der Waals surface area contributed by atoms with Crippen molar-refractivity contribution >= 4 is 5.91 Å². The lowest BCUT2D eigenvalue weighted by Crippen LogP contribution is -2.44. The first-order chi connectivity index (χ1) is 10.5. The summed E-state index contributed by atoms with van der Waals surface area (Å²) in [5.74, 6) is 0.523. The molecule has 1 fully saturated rings. The molecule has 0 spiro atoms. The van der Waals surface area contributed by atoms with E-state index in [9.17, 15) is 4.79 Å². The molecule has 3 nitrogen and oxygen atoms in total. The molecule has 22 heavy (non-hydrogen) atoms. The second-order valence-corrected chi connectivity index (χ2v) is 6.51. The molecule has 0 radical (unpaired) electrons. The third kappa shape index (κ3) is 4.10. The molecule has 0 saturated carbocycles. The van der Waals surface area contributed by atoms with Gasteiger partial charge < -0.3 is 4.90 Å². The summed E-state index contributed by atoms with van der Waals surface area (Å²) in [6.07, 6.45) is 2.17. The van der Waals surface area contributed by atoms with Crippen molar-refractivity contribution in [2.24, 2.45) is 5.92 Å². The SMILES string of the molecule is CCN(CC)C(=O)[C@@H]1CCCN(Cc2ccc(C)cc2C)C1. The number of likely N-dealkylation sites (tertiary alicyclic amines) is 1. The predicted molar refractivity (Wildman–Crippen MR) is 91.8 cm³/mol. The van der Waals surface area contributed by atoms with Gasteiger partial charge in [-0.15, -0.1) is 0 Å². The standard InChI is InChI=1S/C19H30N2O/c1-5-21(6-2)19(22)18-8-7-11-20(14-18)13-17-10-9-15(3)12-16(17)4/h9-10,12,18H,5-8,11,13-14H2,1-4H3/t18-/m1/s1. The number of carbonyl (C=O) groups is 1. The minimum absolute atomic E-state index is 0.180. The molecule has 0 bridgehead atoms. The van der Waals surface area contributed by atoms with Gasteiger partial charge in [-0.25, -0.2) is 0 Å². The Morgan fingerprint density at radius 1 is 1.27 bits per heavy atom. The van der Waals surface area contributed by atoms with Crippen LogP contribution in [0.5, 0.6) is 0 Å². The second-order valence-electron chi connectivity index (χ2n) is 6.51. The summed E-state index contributed by atoms with van der Waals surface area (Å²) < 4.78 is 0. The molecule has 1 heterocycles. The maximum atomic E-state index is 12.6. The topological polar surface area (TPSA) is 23.6 Å². The van der Waals surface area contributed by atoms with E-state index in [1.807, 2.05) is 4.90 Å². The zero-order valence-electron chi connectivity index (χ0n) is 14.6. The Balaban J connectivity index is 2.00. The van der Waals surface area contributed by atoms with Crippen molar-refractivity contribution in [3.63, 3.8) is 0 Å². The van der Waals surface area contributed by atoms with Gasteiger partial charge >= 0.3 is 0 Å². The number of carbonyl (C=O) groups excluding carboxylic acids is 1. The molecule has 1 aliphatic rings. The number of rotatable bonds is 5. The van der Waals surface area contributed by atoms with Crippen LogP contribution in [0.15, 0.2) is 18.2 Å². The van der Waals surface area contributed by atoms with E-state index in [1.54, 1.807) is 0 Å². The largest absolute Gasteiger partial charge is 0.343 e. The minimum atomic E-state index is 0.180. The normalized spacial score (nSPS) is 19.2. The van der Waals surface area contributed by atoms with Crippen LogP contribution in [-0.4, -0.2) is 41.9 Å². The highest BCUT2D eigenvalue weighted by Crippen LogP contribution is 2.22. The highest BCUT2D eigenvalue weighted by atomic mass is 16.2. The maximum absolute atomic E-state index is 12.6. The first kappa shape index (κ1) is 17.0. The molecule has 0 aromatic heterocycles. The lowest BCUT2D eigenvalue weighted by molar-refractivity contribution is -0.137. The van der Waals surface area contributed by atoms with Crippen LogP contribution in [0.3, 0.4) is 0 Å². The van der Waals surface area contributed by atoms with Crippen molar-refractivity contribution < 1.29 is 4.79 Å². The minimum Gasteiger partial charge on any atom is -0.343 e. The molecule has 1 aliphatic heterocycles. The summed E-state index contributed by atoms with van der Waals surface area (Å²) >= 11 is 0. The summed E-state index contributed by atoms with van der Waals surface area (Å²) in [5.41, 5.74) is 4.06. The first-order valence-electron chi connectivity index (χ1n) is 8.62. The highest BCUT2D eigenvalue weighted by Gasteiger charge is 2.28. The fraction of sp³-hybridized carbons (Fsp3) is 0.632. The van der Waals surface area contributed by atoms with Gasteiger partial charge in [-0.3, -0.25) is 9.69 Å². The van der Waals surface area contributed by atoms with Gasteiger partial charge in [0.15, 0.2) is 0 Å². The van der Waals surface area contributed by atoms with Crippen molar-refractivity contribution in [3.8, 4) is 0 Å². The van der Waals surface area contributed by atoms with Crippen LogP contribution < -0.4 is 0 Å². The molecule has 122 valence electrons. The summed E-state index contributed by atoms with van der Waals surface area (Å²) in [6.45, 7) is 13.1.